The minimum atomic E-state index is 0.514. The van der Waals surface area contributed by atoms with Crippen molar-refractivity contribution in [2.45, 2.75) is 18.9 Å². The van der Waals surface area contributed by atoms with Gasteiger partial charge < -0.3 is 5.32 Å². The quantitative estimate of drug-likeness (QED) is 0.494. The SMILES string of the molecule is [NH]C[C@H]1CCCN1. The summed E-state index contributed by atoms with van der Waals surface area (Å²) in [6.07, 6.45) is 2.48. The number of hydrogen-bond donors (Lipinski definition) is 1. The first-order valence-corrected chi connectivity index (χ1v) is 2.81. The average molecular weight is 99.2 g/mol. The van der Waals surface area contributed by atoms with Crippen LogP contribution in [0.2, 0.25) is 0 Å². The lowest BCUT2D eigenvalue weighted by Crippen LogP contribution is -2.25. The molecule has 41 valence electrons. The van der Waals surface area contributed by atoms with Crippen molar-refractivity contribution in [3.8, 4) is 0 Å². The van der Waals surface area contributed by atoms with E-state index in [9.17, 15) is 0 Å². The average Bonchev–Trinajstić information content (AvgIpc) is 2.14. The van der Waals surface area contributed by atoms with Crippen LogP contribution in [0.25, 0.3) is 0 Å². The van der Waals surface area contributed by atoms with Gasteiger partial charge in [-0.2, -0.15) is 0 Å². The molecule has 1 aliphatic rings. The van der Waals surface area contributed by atoms with Gasteiger partial charge in [-0.25, -0.2) is 0 Å². The monoisotopic (exact) mass is 99.1 g/mol. The fourth-order valence-corrected chi connectivity index (χ4v) is 0.931. The first-order chi connectivity index (χ1) is 3.43. The van der Waals surface area contributed by atoms with E-state index in [-0.39, 0.29) is 0 Å². The van der Waals surface area contributed by atoms with E-state index in [0.29, 0.717) is 12.6 Å². The van der Waals surface area contributed by atoms with Gasteiger partial charge in [-0.05, 0) is 19.4 Å². The molecule has 1 atom stereocenters. The molecule has 0 aromatic rings. The van der Waals surface area contributed by atoms with Gasteiger partial charge >= 0.3 is 0 Å². The summed E-state index contributed by atoms with van der Waals surface area (Å²) in [5, 5.41) is 3.22. The minimum absolute atomic E-state index is 0.514. The van der Waals surface area contributed by atoms with Gasteiger partial charge in [0, 0.05) is 12.6 Å². The van der Waals surface area contributed by atoms with Crippen molar-refractivity contribution in [3.05, 3.63) is 0 Å². The van der Waals surface area contributed by atoms with Crippen molar-refractivity contribution < 1.29 is 0 Å². The Labute approximate surface area is 44.1 Å². The zero-order valence-electron chi connectivity index (χ0n) is 4.41. The molecule has 2 nitrogen and oxygen atoms in total. The molecule has 0 aromatic carbocycles. The third kappa shape index (κ3) is 1.14. The summed E-state index contributed by atoms with van der Waals surface area (Å²) in [5.41, 5.74) is 6.94. The predicted molar refractivity (Wildman–Crippen MR) is 29.0 cm³/mol. The van der Waals surface area contributed by atoms with Crippen LogP contribution in [0.3, 0.4) is 0 Å². The number of rotatable bonds is 1. The number of hydrogen-bond acceptors (Lipinski definition) is 1. The van der Waals surface area contributed by atoms with Crippen LogP contribution in [0.1, 0.15) is 12.8 Å². The van der Waals surface area contributed by atoms with E-state index in [1.54, 1.807) is 0 Å². The molecular formula is C5H11N2. The maximum Gasteiger partial charge on any atom is 0.0254 e. The van der Waals surface area contributed by atoms with Gasteiger partial charge in [-0.3, -0.25) is 5.73 Å². The Hall–Kier alpha value is -0.0800. The maximum atomic E-state index is 6.94. The minimum Gasteiger partial charge on any atom is -0.313 e. The molecule has 1 rings (SSSR count). The van der Waals surface area contributed by atoms with Gasteiger partial charge in [0.15, 0.2) is 0 Å². The molecule has 0 spiro atoms. The summed E-state index contributed by atoms with van der Waals surface area (Å²) >= 11 is 0. The van der Waals surface area contributed by atoms with Gasteiger partial charge in [-0.1, -0.05) is 0 Å². The smallest absolute Gasteiger partial charge is 0.0254 e. The highest BCUT2D eigenvalue weighted by Gasteiger charge is 2.10. The molecule has 1 aliphatic heterocycles. The van der Waals surface area contributed by atoms with Crippen molar-refractivity contribution >= 4 is 0 Å². The van der Waals surface area contributed by atoms with Crippen molar-refractivity contribution in [1.29, 1.82) is 0 Å². The summed E-state index contributed by atoms with van der Waals surface area (Å²) in [6.45, 7) is 1.68. The Bertz CT molecular complexity index is 48.0. The van der Waals surface area contributed by atoms with Crippen LogP contribution < -0.4 is 11.1 Å². The van der Waals surface area contributed by atoms with Crippen LogP contribution in [0.15, 0.2) is 0 Å². The molecule has 0 amide bonds. The van der Waals surface area contributed by atoms with Gasteiger partial charge in [0.25, 0.3) is 0 Å². The van der Waals surface area contributed by atoms with E-state index in [1.165, 1.54) is 12.8 Å². The lowest BCUT2D eigenvalue weighted by atomic mass is 10.2. The standard InChI is InChI=1S/C5H11N2/c6-4-5-2-1-3-7-5/h5-7H,1-4H2/t5-/m1/s1. The summed E-state index contributed by atoms with van der Waals surface area (Å²) in [4.78, 5) is 0. The fraction of sp³-hybridized carbons (Fsp3) is 1.00. The molecule has 1 heterocycles. The second-order valence-corrected chi connectivity index (χ2v) is 2.00. The fourth-order valence-electron chi connectivity index (χ4n) is 0.931. The third-order valence-electron chi connectivity index (χ3n) is 1.41. The van der Waals surface area contributed by atoms with Crippen LogP contribution in [0.4, 0.5) is 0 Å². The van der Waals surface area contributed by atoms with E-state index in [4.69, 9.17) is 5.73 Å². The molecule has 2 heteroatoms. The molecular weight excluding hydrogens is 88.1 g/mol. The molecule has 1 fully saturated rings. The molecule has 0 aliphatic carbocycles. The zero-order chi connectivity index (χ0) is 5.11. The van der Waals surface area contributed by atoms with Gasteiger partial charge in [0.2, 0.25) is 0 Å². The Balaban J connectivity index is 2.14. The predicted octanol–water partition coefficient (Wildman–Crippen LogP) is 0.0213. The van der Waals surface area contributed by atoms with E-state index in [1.807, 2.05) is 0 Å². The van der Waals surface area contributed by atoms with E-state index in [0.717, 1.165) is 6.54 Å². The van der Waals surface area contributed by atoms with Gasteiger partial charge in [0.05, 0.1) is 0 Å². The van der Waals surface area contributed by atoms with Crippen LogP contribution in [0, 0.1) is 0 Å². The summed E-state index contributed by atoms with van der Waals surface area (Å²) < 4.78 is 0. The van der Waals surface area contributed by atoms with E-state index >= 15 is 0 Å². The Morgan fingerprint density at radius 1 is 1.71 bits per heavy atom. The van der Waals surface area contributed by atoms with Crippen molar-refractivity contribution in [2.24, 2.45) is 0 Å². The van der Waals surface area contributed by atoms with E-state index in [2.05, 4.69) is 5.32 Å². The summed E-state index contributed by atoms with van der Waals surface area (Å²) in [6, 6.07) is 0.514. The van der Waals surface area contributed by atoms with Crippen LogP contribution >= 0.6 is 0 Å². The molecule has 7 heavy (non-hydrogen) atoms. The first kappa shape index (κ1) is 5.06. The summed E-state index contributed by atoms with van der Waals surface area (Å²) in [7, 11) is 0. The molecule has 0 saturated carbocycles. The van der Waals surface area contributed by atoms with Crippen LogP contribution in [-0.2, 0) is 0 Å². The zero-order valence-corrected chi connectivity index (χ0v) is 4.41. The van der Waals surface area contributed by atoms with Crippen LogP contribution in [0.5, 0.6) is 0 Å². The van der Waals surface area contributed by atoms with Crippen LogP contribution in [-0.4, -0.2) is 19.1 Å². The molecule has 0 bridgehead atoms. The van der Waals surface area contributed by atoms with E-state index < -0.39 is 0 Å². The highest BCUT2D eigenvalue weighted by atomic mass is 15.0. The third-order valence-corrected chi connectivity index (χ3v) is 1.41. The van der Waals surface area contributed by atoms with Gasteiger partial charge in [-0.15, -0.1) is 0 Å². The lowest BCUT2D eigenvalue weighted by Gasteiger charge is -2.01. The second kappa shape index (κ2) is 2.28. The second-order valence-electron chi connectivity index (χ2n) is 2.00. The van der Waals surface area contributed by atoms with Crippen molar-refractivity contribution in [1.82, 2.24) is 11.1 Å². The normalized spacial score (nSPS) is 31.3. The first-order valence-electron chi connectivity index (χ1n) is 2.81. The number of nitrogens with one attached hydrogen (secondary N) is 2. The topological polar surface area (TPSA) is 35.8 Å². The molecule has 1 saturated heterocycles. The largest absolute Gasteiger partial charge is 0.313 e. The Kier molecular flexibility index (Phi) is 1.65. The highest BCUT2D eigenvalue weighted by Crippen LogP contribution is 2.01. The maximum absolute atomic E-state index is 6.94. The molecule has 0 aromatic heterocycles. The lowest BCUT2D eigenvalue weighted by molar-refractivity contribution is 0.608. The molecule has 0 unspecified atom stereocenters. The Morgan fingerprint density at radius 3 is 2.86 bits per heavy atom. The molecule has 1 radical (unpaired) electrons. The Morgan fingerprint density at radius 2 is 2.57 bits per heavy atom. The molecule has 2 N–H and O–H groups in total. The van der Waals surface area contributed by atoms with Crippen molar-refractivity contribution in [2.75, 3.05) is 13.1 Å². The van der Waals surface area contributed by atoms with Crippen molar-refractivity contribution in [3.63, 3.8) is 0 Å². The van der Waals surface area contributed by atoms with Gasteiger partial charge in [0.1, 0.15) is 0 Å². The summed E-state index contributed by atoms with van der Waals surface area (Å²) in [5.74, 6) is 0. The highest BCUT2D eigenvalue weighted by molar-refractivity contribution is 4.73.